The molecule has 1 aromatic rings. The molecule has 0 aromatic carbocycles. The summed E-state index contributed by atoms with van der Waals surface area (Å²) in [5.41, 5.74) is 0.576. The van der Waals surface area contributed by atoms with Crippen LogP contribution in [-0.2, 0) is 29.6 Å². The van der Waals surface area contributed by atoms with E-state index < -0.39 is 43.6 Å². The van der Waals surface area contributed by atoms with E-state index in [1.807, 2.05) is 0 Å². The molecule has 1 fully saturated rings. The van der Waals surface area contributed by atoms with Gasteiger partial charge in [-0.3, -0.25) is 20.0 Å². The number of nitrogens with zero attached hydrogens (tertiary/aromatic N) is 1. The van der Waals surface area contributed by atoms with Gasteiger partial charge >= 0.3 is 13.7 Å². The molecule has 1 heterocycles. The predicted octanol–water partition coefficient (Wildman–Crippen LogP) is 2.71. The van der Waals surface area contributed by atoms with Crippen molar-refractivity contribution >= 4 is 19.6 Å². The highest BCUT2D eigenvalue weighted by Crippen LogP contribution is 2.52. The van der Waals surface area contributed by atoms with Crippen molar-refractivity contribution in [3.8, 4) is 0 Å². The summed E-state index contributed by atoms with van der Waals surface area (Å²) in [6.45, 7) is 3.35. The number of aromatic amines is 1. The van der Waals surface area contributed by atoms with Crippen LogP contribution in [0, 0.1) is 5.92 Å². The smallest absolute Gasteiger partial charge is 0.414 e. The molecule has 1 aliphatic carbocycles. The van der Waals surface area contributed by atoms with Crippen LogP contribution in [0.5, 0.6) is 0 Å². The van der Waals surface area contributed by atoms with E-state index in [1.165, 1.54) is 20.5 Å². The van der Waals surface area contributed by atoms with Crippen molar-refractivity contribution in [2.75, 3.05) is 14.2 Å². The van der Waals surface area contributed by atoms with Gasteiger partial charge in [0.05, 0.1) is 24.2 Å². The maximum Gasteiger partial charge on any atom is 0.414 e. The van der Waals surface area contributed by atoms with Gasteiger partial charge in [-0.25, -0.2) is 9.78 Å². The summed E-state index contributed by atoms with van der Waals surface area (Å²) in [7, 11) is -1.43. The third kappa shape index (κ3) is 8.50. The molecule has 1 aromatic heterocycles. The second kappa shape index (κ2) is 13.2. The van der Waals surface area contributed by atoms with Crippen LogP contribution in [0.2, 0.25) is 0 Å². The monoisotopic (exact) mass is 488 g/mol. The van der Waals surface area contributed by atoms with Gasteiger partial charge in [-0.15, -0.1) is 0 Å². The first kappa shape index (κ1) is 27.5. The van der Waals surface area contributed by atoms with Crippen molar-refractivity contribution in [3.05, 3.63) is 18.2 Å². The lowest BCUT2D eigenvalue weighted by molar-refractivity contribution is -0.123. The van der Waals surface area contributed by atoms with Crippen LogP contribution in [-0.4, -0.2) is 65.3 Å². The van der Waals surface area contributed by atoms with Gasteiger partial charge in [-0.2, -0.15) is 0 Å². The molecule has 12 heteroatoms. The van der Waals surface area contributed by atoms with Crippen molar-refractivity contribution in [2.45, 2.75) is 82.8 Å². The van der Waals surface area contributed by atoms with E-state index in [4.69, 9.17) is 13.8 Å². The average Bonchev–Trinajstić information content (AvgIpc) is 3.30. The molecule has 0 radical (unpaired) electrons. The molecule has 4 N–H and O–H groups in total. The van der Waals surface area contributed by atoms with E-state index in [1.54, 1.807) is 20.0 Å². The van der Waals surface area contributed by atoms with Crippen LogP contribution in [0.4, 0.5) is 4.79 Å². The molecule has 2 amide bonds. The first-order chi connectivity index (χ1) is 15.7. The minimum atomic E-state index is -3.85. The third-order valence-corrected chi connectivity index (χ3v) is 7.80. The maximum atomic E-state index is 13.0. The van der Waals surface area contributed by atoms with E-state index in [-0.39, 0.29) is 12.3 Å². The van der Waals surface area contributed by atoms with Gasteiger partial charge in [0.2, 0.25) is 5.91 Å². The van der Waals surface area contributed by atoms with Gasteiger partial charge in [0.25, 0.3) is 0 Å². The van der Waals surface area contributed by atoms with Crippen LogP contribution >= 0.6 is 7.60 Å². The number of H-pyrrole nitrogens is 1. The molecule has 1 saturated carbocycles. The van der Waals surface area contributed by atoms with Gasteiger partial charge in [0, 0.05) is 32.9 Å². The largest absolute Gasteiger partial charge is 0.447 e. The minimum Gasteiger partial charge on any atom is -0.447 e. The minimum absolute atomic E-state index is 0.127. The van der Waals surface area contributed by atoms with Gasteiger partial charge in [0.15, 0.2) is 5.85 Å². The first-order valence-electron chi connectivity index (χ1n) is 11.3. The number of aromatic nitrogens is 2. The zero-order valence-corrected chi connectivity index (χ0v) is 20.7. The third-order valence-electron chi connectivity index (χ3n) is 5.77. The van der Waals surface area contributed by atoms with Crippen LogP contribution < -0.4 is 10.6 Å². The molecular weight excluding hydrogens is 451 g/mol. The quantitative estimate of drug-likeness (QED) is 0.325. The number of aliphatic hydroxyl groups is 1. The number of imide groups is 1. The van der Waals surface area contributed by atoms with E-state index in [0.29, 0.717) is 12.1 Å². The summed E-state index contributed by atoms with van der Waals surface area (Å²) in [6.07, 6.45) is 7.73. The Labute approximate surface area is 194 Å². The number of alkyl carbamates (subject to hydrolysis) is 1. The molecule has 1 aliphatic rings. The van der Waals surface area contributed by atoms with Crippen molar-refractivity contribution in [2.24, 2.45) is 5.92 Å². The Kier molecular flexibility index (Phi) is 11.0. The normalized spacial score (nSPS) is 18.0. The summed E-state index contributed by atoms with van der Waals surface area (Å²) < 4.78 is 28.0. The number of ether oxygens (including phenoxy) is 1. The Morgan fingerprint density at radius 1 is 1.24 bits per heavy atom. The summed E-state index contributed by atoms with van der Waals surface area (Å²) in [6, 6.07) is -1.74. The average molecular weight is 489 g/mol. The summed E-state index contributed by atoms with van der Waals surface area (Å²) in [4.78, 5) is 32.0. The molecule has 33 heavy (non-hydrogen) atoms. The number of hydrogen-bond donors (Lipinski definition) is 4. The van der Waals surface area contributed by atoms with Crippen LogP contribution in [0.3, 0.4) is 0 Å². The van der Waals surface area contributed by atoms with E-state index in [9.17, 15) is 19.3 Å². The van der Waals surface area contributed by atoms with Crippen LogP contribution in [0.1, 0.15) is 58.1 Å². The Balaban J connectivity index is 2.25. The molecule has 1 unspecified atom stereocenters. The molecule has 2 rings (SSSR count). The summed E-state index contributed by atoms with van der Waals surface area (Å²) in [5.74, 6) is -1.87. The highest BCUT2D eigenvalue weighted by molar-refractivity contribution is 7.54. The number of imidazole rings is 1. The fourth-order valence-corrected chi connectivity index (χ4v) is 5.33. The highest BCUT2D eigenvalue weighted by Gasteiger charge is 2.41. The lowest BCUT2D eigenvalue weighted by Gasteiger charge is -2.34. The molecule has 11 nitrogen and oxygen atoms in total. The molecule has 0 saturated heterocycles. The van der Waals surface area contributed by atoms with Gasteiger partial charge in [0.1, 0.15) is 0 Å². The molecule has 0 bridgehead atoms. The molecule has 188 valence electrons. The number of hydrogen-bond acceptors (Lipinski definition) is 9. The van der Waals surface area contributed by atoms with Crippen molar-refractivity contribution in [3.63, 3.8) is 0 Å². The zero-order valence-electron chi connectivity index (χ0n) is 19.8. The molecular formula is C21H37N4O7P. The van der Waals surface area contributed by atoms with Gasteiger partial charge < -0.3 is 23.9 Å². The Morgan fingerprint density at radius 3 is 2.45 bits per heavy atom. The van der Waals surface area contributed by atoms with Crippen molar-refractivity contribution in [1.29, 1.82) is 0 Å². The number of nitrogens with one attached hydrogen (secondary N) is 3. The van der Waals surface area contributed by atoms with E-state index in [0.717, 1.165) is 32.1 Å². The number of rotatable bonds is 12. The lowest BCUT2D eigenvalue weighted by atomic mass is 9.84. The van der Waals surface area contributed by atoms with Crippen molar-refractivity contribution in [1.82, 2.24) is 20.6 Å². The maximum absolute atomic E-state index is 13.0. The zero-order chi connectivity index (χ0) is 24.4. The fourth-order valence-electron chi connectivity index (χ4n) is 4.10. The SMILES string of the molecule is COP(=O)(OC)C(O)[C@H](CC1CCCCC1)N[C@@H](Cc1c[nH]cn1)C(=O)NC(=O)OC(C)C. The first-order valence-corrected chi connectivity index (χ1v) is 12.9. The lowest BCUT2D eigenvalue weighted by Crippen LogP contribution is -2.54. The summed E-state index contributed by atoms with van der Waals surface area (Å²) >= 11 is 0. The van der Waals surface area contributed by atoms with E-state index in [2.05, 4.69) is 20.6 Å². The number of amides is 2. The second-order valence-electron chi connectivity index (χ2n) is 8.59. The number of carbonyl (C=O) groups is 2. The molecule has 0 aliphatic heterocycles. The second-order valence-corrected chi connectivity index (χ2v) is 10.9. The predicted molar refractivity (Wildman–Crippen MR) is 122 cm³/mol. The Bertz CT molecular complexity index is 776. The fraction of sp³-hybridized carbons (Fsp3) is 0.762. The van der Waals surface area contributed by atoms with Crippen molar-refractivity contribution < 1.29 is 33.0 Å². The number of carbonyl (C=O) groups excluding carboxylic acids is 2. The van der Waals surface area contributed by atoms with Crippen LogP contribution in [0.25, 0.3) is 0 Å². The molecule has 0 spiro atoms. The summed E-state index contributed by atoms with van der Waals surface area (Å²) in [5, 5.41) is 16.3. The Morgan fingerprint density at radius 2 is 1.91 bits per heavy atom. The van der Waals surface area contributed by atoms with Gasteiger partial charge in [-0.05, 0) is 26.2 Å². The Hall–Kier alpha value is -1.78. The standard InChI is InChI=1S/C21H37N4O7P/c1-14(2)32-21(28)25-19(26)17(11-16-12-22-13-23-16)24-18(10-15-8-6-5-7-9-15)20(27)33(29,30-3)31-4/h12-15,17-18,20,24,27H,5-11H2,1-4H3,(H,22,23)(H,25,26,28)/t17-,18-,20?/m0/s1. The van der Waals surface area contributed by atoms with Crippen LogP contribution in [0.15, 0.2) is 12.5 Å². The number of aliphatic hydroxyl groups excluding tert-OH is 1. The highest BCUT2D eigenvalue weighted by atomic mass is 31.2. The van der Waals surface area contributed by atoms with Gasteiger partial charge in [-0.1, -0.05) is 32.1 Å². The molecule has 3 atom stereocenters. The van der Waals surface area contributed by atoms with E-state index >= 15 is 0 Å². The topological polar surface area (TPSA) is 152 Å².